The van der Waals surface area contributed by atoms with Gasteiger partial charge in [0, 0.05) is 29.1 Å². The van der Waals surface area contributed by atoms with Crippen LogP contribution >= 0.6 is 0 Å². The van der Waals surface area contributed by atoms with E-state index in [4.69, 9.17) is 5.73 Å². The van der Waals surface area contributed by atoms with E-state index in [0.29, 0.717) is 11.6 Å². The monoisotopic (exact) mass is 262 g/mol. The minimum absolute atomic E-state index is 0.498. The van der Waals surface area contributed by atoms with E-state index >= 15 is 0 Å². The van der Waals surface area contributed by atoms with Gasteiger partial charge in [-0.15, -0.1) is 0 Å². The van der Waals surface area contributed by atoms with E-state index in [9.17, 15) is 0 Å². The number of nitrogens with zero attached hydrogens (tertiary/aromatic N) is 3. The molecule has 3 rings (SSSR count). The van der Waals surface area contributed by atoms with Crippen molar-refractivity contribution in [2.75, 3.05) is 5.73 Å². The first-order valence-electron chi connectivity index (χ1n) is 6.35. The number of benzene rings is 1. The molecule has 0 bridgehead atoms. The van der Waals surface area contributed by atoms with Crippen molar-refractivity contribution >= 4 is 5.82 Å². The largest absolute Gasteiger partial charge is 0.383 e. The average molecular weight is 262 g/mol. The highest BCUT2D eigenvalue weighted by Crippen LogP contribution is 2.27. The standard InChI is InChI=1S/C16H14N4/c1-11-14(12-6-3-2-4-7-12)19-16(20-15(11)17)13-8-5-9-18-10-13/h2-10H,1H3,(H2,17,19,20). The zero-order valence-electron chi connectivity index (χ0n) is 11.1. The van der Waals surface area contributed by atoms with Crippen LogP contribution in [0.25, 0.3) is 22.6 Å². The Morgan fingerprint density at radius 2 is 1.65 bits per heavy atom. The normalized spacial score (nSPS) is 10.4. The molecule has 0 saturated carbocycles. The third kappa shape index (κ3) is 2.23. The molecule has 4 heteroatoms. The van der Waals surface area contributed by atoms with E-state index in [1.165, 1.54) is 0 Å². The lowest BCUT2D eigenvalue weighted by Crippen LogP contribution is -2.02. The van der Waals surface area contributed by atoms with Gasteiger partial charge < -0.3 is 5.73 Å². The van der Waals surface area contributed by atoms with E-state index in [0.717, 1.165) is 22.4 Å². The third-order valence-corrected chi connectivity index (χ3v) is 3.15. The van der Waals surface area contributed by atoms with Gasteiger partial charge in [-0.1, -0.05) is 30.3 Å². The van der Waals surface area contributed by atoms with Gasteiger partial charge in [-0.2, -0.15) is 0 Å². The summed E-state index contributed by atoms with van der Waals surface area (Å²) in [4.78, 5) is 13.1. The third-order valence-electron chi connectivity index (χ3n) is 3.15. The Hall–Kier alpha value is -2.75. The predicted molar refractivity (Wildman–Crippen MR) is 79.8 cm³/mol. The second kappa shape index (κ2) is 5.09. The molecule has 4 nitrogen and oxygen atoms in total. The molecule has 20 heavy (non-hydrogen) atoms. The Labute approximate surface area is 117 Å². The van der Waals surface area contributed by atoms with E-state index < -0.39 is 0 Å². The number of rotatable bonds is 2. The van der Waals surface area contributed by atoms with Crippen LogP contribution < -0.4 is 5.73 Å². The second-order valence-corrected chi connectivity index (χ2v) is 4.51. The van der Waals surface area contributed by atoms with Crippen LogP contribution in [0.3, 0.4) is 0 Å². The van der Waals surface area contributed by atoms with Crippen LogP contribution in [0.4, 0.5) is 5.82 Å². The zero-order chi connectivity index (χ0) is 13.9. The molecule has 2 heterocycles. The topological polar surface area (TPSA) is 64.7 Å². The first kappa shape index (κ1) is 12.3. The fraction of sp³-hybridized carbons (Fsp3) is 0.0625. The summed E-state index contributed by atoms with van der Waals surface area (Å²) >= 11 is 0. The van der Waals surface area contributed by atoms with Gasteiger partial charge in [0.05, 0.1) is 5.69 Å². The maximum Gasteiger partial charge on any atom is 0.163 e. The Balaban J connectivity index is 2.19. The van der Waals surface area contributed by atoms with Crippen LogP contribution in [0.1, 0.15) is 5.56 Å². The van der Waals surface area contributed by atoms with Gasteiger partial charge >= 0.3 is 0 Å². The number of anilines is 1. The Morgan fingerprint density at radius 1 is 0.900 bits per heavy atom. The molecule has 0 saturated heterocycles. The summed E-state index contributed by atoms with van der Waals surface area (Å²) in [6, 6.07) is 13.8. The number of hydrogen-bond donors (Lipinski definition) is 1. The number of aromatic nitrogens is 3. The minimum Gasteiger partial charge on any atom is -0.383 e. The van der Waals surface area contributed by atoms with Crippen molar-refractivity contribution in [2.24, 2.45) is 0 Å². The summed E-state index contributed by atoms with van der Waals surface area (Å²) in [6.45, 7) is 1.94. The first-order valence-corrected chi connectivity index (χ1v) is 6.35. The molecule has 1 aromatic carbocycles. The van der Waals surface area contributed by atoms with Crippen molar-refractivity contribution in [3.63, 3.8) is 0 Å². The van der Waals surface area contributed by atoms with Gasteiger partial charge in [0.1, 0.15) is 5.82 Å². The molecule has 0 amide bonds. The smallest absolute Gasteiger partial charge is 0.163 e. The summed E-state index contributed by atoms with van der Waals surface area (Å²) in [5, 5.41) is 0. The minimum atomic E-state index is 0.498. The fourth-order valence-electron chi connectivity index (χ4n) is 2.04. The van der Waals surface area contributed by atoms with Gasteiger partial charge in [0.15, 0.2) is 5.82 Å². The Kier molecular flexibility index (Phi) is 3.13. The highest BCUT2D eigenvalue weighted by Gasteiger charge is 2.11. The van der Waals surface area contributed by atoms with Crippen molar-refractivity contribution in [1.29, 1.82) is 0 Å². The molecular formula is C16H14N4. The van der Waals surface area contributed by atoms with Crippen LogP contribution in [-0.4, -0.2) is 15.0 Å². The molecule has 0 atom stereocenters. The average Bonchev–Trinajstić information content (AvgIpc) is 2.51. The van der Waals surface area contributed by atoms with E-state index in [2.05, 4.69) is 15.0 Å². The molecule has 0 aliphatic carbocycles. The molecule has 0 radical (unpaired) electrons. The van der Waals surface area contributed by atoms with Gasteiger partial charge in [-0.3, -0.25) is 4.98 Å². The molecular weight excluding hydrogens is 248 g/mol. The SMILES string of the molecule is Cc1c(N)nc(-c2cccnc2)nc1-c1ccccc1. The molecule has 3 aromatic rings. The molecule has 0 unspecified atom stereocenters. The summed E-state index contributed by atoms with van der Waals surface area (Å²) in [7, 11) is 0. The highest BCUT2D eigenvalue weighted by molar-refractivity contribution is 5.70. The molecule has 2 N–H and O–H groups in total. The lowest BCUT2D eigenvalue weighted by molar-refractivity contribution is 1.14. The number of nitrogen functional groups attached to an aromatic ring is 1. The molecule has 0 spiro atoms. The van der Waals surface area contributed by atoms with Crippen LogP contribution in [0.2, 0.25) is 0 Å². The maximum absolute atomic E-state index is 6.02. The molecule has 98 valence electrons. The second-order valence-electron chi connectivity index (χ2n) is 4.51. The fourth-order valence-corrected chi connectivity index (χ4v) is 2.04. The Morgan fingerprint density at radius 3 is 2.35 bits per heavy atom. The summed E-state index contributed by atoms with van der Waals surface area (Å²) in [6.07, 6.45) is 3.46. The van der Waals surface area contributed by atoms with Crippen molar-refractivity contribution < 1.29 is 0 Å². The van der Waals surface area contributed by atoms with Crippen LogP contribution in [0.15, 0.2) is 54.9 Å². The van der Waals surface area contributed by atoms with Crippen molar-refractivity contribution in [3.8, 4) is 22.6 Å². The lowest BCUT2D eigenvalue weighted by Gasteiger charge is -2.10. The van der Waals surface area contributed by atoms with Gasteiger partial charge in [0.2, 0.25) is 0 Å². The molecule has 0 aliphatic heterocycles. The van der Waals surface area contributed by atoms with Crippen molar-refractivity contribution in [2.45, 2.75) is 6.92 Å². The zero-order valence-corrected chi connectivity index (χ0v) is 11.1. The number of hydrogen-bond acceptors (Lipinski definition) is 4. The first-order chi connectivity index (χ1) is 9.75. The quantitative estimate of drug-likeness (QED) is 0.770. The molecule has 0 fully saturated rings. The van der Waals surface area contributed by atoms with E-state index in [1.54, 1.807) is 12.4 Å². The maximum atomic E-state index is 6.02. The number of pyridine rings is 1. The van der Waals surface area contributed by atoms with Crippen molar-refractivity contribution in [1.82, 2.24) is 15.0 Å². The summed E-state index contributed by atoms with van der Waals surface area (Å²) in [5.74, 6) is 1.10. The van der Waals surface area contributed by atoms with E-state index in [-0.39, 0.29) is 0 Å². The van der Waals surface area contributed by atoms with Crippen LogP contribution in [-0.2, 0) is 0 Å². The summed E-state index contributed by atoms with van der Waals surface area (Å²) in [5.41, 5.74) is 9.66. The van der Waals surface area contributed by atoms with E-state index in [1.807, 2.05) is 49.4 Å². The molecule has 2 aromatic heterocycles. The number of nitrogens with two attached hydrogens (primary N) is 1. The predicted octanol–water partition coefficient (Wildman–Crippen LogP) is 3.10. The highest BCUT2D eigenvalue weighted by atomic mass is 15.0. The van der Waals surface area contributed by atoms with Gasteiger partial charge in [0.25, 0.3) is 0 Å². The van der Waals surface area contributed by atoms with Crippen LogP contribution in [0.5, 0.6) is 0 Å². The van der Waals surface area contributed by atoms with Crippen LogP contribution in [0, 0.1) is 6.92 Å². The summed E-state index contributed by atoms with van der Waals surface area (Å²) < 4.78 is 0. The Bertz CT molecular complexity index is 724. The lowest BCUT2D eigenvalue weighted by atomic mass is 10.1. The van der Waals surface area contributed by atoms with Gasteiger partial charge in [-0.05, 0) is 19.1 Å². The molecule has 0 aliphatic rings. The van der Waals surface area contributed by atoms with Gasteiger partial charge in [-0.25, -0.2) is 9.97 Å². The van der Waals surface area contributed by atoms with Crippen molar-refractivity contribution in [3.05, 3.63) is 60.4 Å².